The summed E-state index contributed by atoms with van der Waals surface area (Å²) in [6, 6.07) is 8.21. The molecule has 0 radical (unpaired) electrons. The van der Waals surface area contributed by atoms with Crippen molar-refractivity contribution in [1.29, 1.82) is 0 Å². The molecule has 21 heavy (non-hydrogen) atoms. The van der Waals surface area contributed by atoms with Crippen LogP contribution < -0.4 is 10.5 Å². The van der Waals surface area contributed by atoms with E-state index in [4.69, 9.17) is 28.9 Å². The second-order valence-electron chi connectivity index (χ2n) is 4.31. The van der Waals surface area contributed by atoms with Crippen LogP contribution >= 0.6 is 34.5 Å². The molecule has 1 aromatic carbocycles. The first-order valence-electron chi connectivity index (χ1n) is 6.15. The molecule has 1 heterocycles. The van der Waals surface area contributed by atoms with E-state index in [1.165, 1.54) is 23.5 Å². The normalized spacial score (nSPS) is 11.8. The van der Waals surface area contributed by atoms with E-state index in [1.54, 1.807) is 12.1 Å². The lowest BCUT2D eigenvalue weighted by Gasteiger charge is -2.08. The Kier molecular flexibility index (Phi) is 5.65. The molecule has 4 nitrogen and oxygen atoms in total. The number of benzene rings is 1. The second-order valence-corrected chi connectivity index (χ2v) is 8.28. The fourth-order valence-electron chi connectivity index (χ4n) is 1.74. The van der Waals surface area contributed by atoms with Gasteiger partial charge in [-0.2, -0.15) is 0 Å². The first kappa shape index (κ1) is 16.7. The summed E-state index contributed by atoms with van der Waals surface area (Å²) in [7, 11) is -3.57. The summed E-state index contributed by atoms with van der Waals surface area (Å²) in [5, 5.41) is 0.352. The van der Waals surface area contributed by atoms with E-state index in [0.29, 0.717) is 27.9 Å². The van der Waals surface area contributed by atoms with Gasteiger partial charge in [0.2, 0.25) is 10.0 Å². The third kappa shape index (κ3) is 4.42. The van der Waals surface area contributed by atoms with Crippen molar-refractivity contribution in [2.45, 2.75) is 17.9 Å². The SMILES string of the molecule is NCc1ccc(S(=O)(=O)NCCc2ccc(Cl)s2)cc1Cl. The van der Waals surface area contributed by atoms with Gasteiger partial charge in [0, 0.05) is 23.0 Å². The molecule has 0 aliphatic rings. The lowest BCUT2D eigenvalue weighted by Crippen LogP contribution is -2.25. The molecule has 0 unspecified atom stereocenters. The van der Waals surface area contributed by atoms with Crippen molar-refractivity contribution in [3.63, 3.8) is 0 Å². The lowest BCUT2D eigenvalue weighted by molar-refractivity contribution is 0.582. The van der Waals surface area contributed by atoms with E-state index in [-0.39, 0.29) is 11.4 Å². The van der Waals surface area contributed by atoms with Crippen LogP contribution in [0.3, 0.4) is 0 Å². The van der Waals surface area contributed by atoms with Crippen molar-refractivity contribution < 1.29 is 8.42 Å². The molecule has 0 saturated heterocycles. The molecule has 2 aromatic rings. The van der Waals surface area contributed by atoms with E-state index < -0.39 is 10.0 Å². The Bertz CT molecular complexity index is 730. The van der Waals surface area contributed by atoms with Crippen molar-refractivity contribution in [2.75, 3.05) is 6.54 Å². The summed E-state index contributed by atoms with van der Waals surface area (Å²) in [6.07, 6.45) is 0.589. The first-order valence-corrected chi connectivity index (χ1v) is 9.20. The summed E-state index contributed by atoms with van der Waals surface area (Å²) >= 11 is 13.2. The molecule has 3 N–H and O–H groups in total. The predicted octanol–water partition coefficient (Wildman–Crippen LogP) is 3.03. The highest BCUT2D eigenvalue weighted by Gasteiger charge is 2.15. The Balaban J connectivity index is 2.02. The van der Waals surface area contributed by atoms with Crippen molar-refractivity contribution in [3.8, 4) is 0 Å². The molecular formula is C13H14Cl2N2O2S2. The van der Waals surface area contributed by atoms with Crippen molar-refractivity contribution >= 4 is 44.6 Å². The largest absolute Gasteiger partial charge is 0.326 e. The van der Waals surface area contributed by atoms with E-state index in [0.717, 1.165) is 4.88 Å². The standard InChI is InChI=1S/C13H14Cl2N2O2S2/c14-12-7-11(3-1-9(12)8-16)21(18,19)17-6-5-10-2-4-13(15)20-10/h1-4,7,17H,5-6,8,16H2. The quantitative estimate of drug-likeness (QED) is 0.827. The molecule has 0 amide bonds. The topological polar surface area (TPSA) is 72.2 Å². The van der Waals surface area contributed by atoms with Crippen LogP contribution in [0.1, 0.15) is 10.4 Å². The Morgan fingerprint density at radius 1 is 1.19 bits per heavy atom. The predicted molar refractivity (Wildman–Crippen MR) is 87.6 cm³/mol. The molecule has 114 valence electrons. The smallest absolute Gasteiger partial charge is 0.240 e. The van der Waals surface area contributed by atoms with Gasteiger partial charge in [-0.05, 0) is 36.2 Å². The van der Waals surface area contributed by atoms with Gasteiger partial charge in [0.25, 0.3) is 0 Å². The first-order chi connectivity index (χ1) is 9.92. The minimum atomic E-state index is -3.57. The van der Waals surface area contributed by atoms with Crippen molar-refractivity contribution in [3.05, 3.63) is 50.1 Å². The number of nitrogens with one attached hydrogen (secondary N) is 1. The second kappa shape index (κ2) is 7.09. The molecule has 0 aliphatic heterocycles. The number of halogens is 2. The van der Waals surface area contributed by atoms with Crippen LogP contribution in [0.4, 0.5) is 0 Å². The molecule has 0 aliphatic carbocycles. The van der Waals surface area contributed by atoms with E-state index in [2.05, 4.69) is 4.72 Å². The number of thiophene rings is 1. The molecule has 0 saturated carbocycles. The highest BCUT2D eigenvalue weighted by Crippen LogP contribution is 2.22. The molecule has 0 spiro atoms. The van der Waals surface area contributed by atoms with Crippen LogP contribution in [-0.4, -0.2) is 15.0 Å². The zero-order chi connectivity index (χ0) is 15.5. The fourth-order valence-corrected chi connectivity index (χ4v) is 4.21. The van der Waals surface area contributed by atoms with Gasteiger partial charge in [-0.25, -0.2) is 13.1 Å². The summed E-state index contributed by atoms with van der Waals surface area (Å²) in [5.41, 5.74) is 6.21. The number of hydrogen-bond acceptors (Lipinski definition) is 4. The maximum absolute atomic E-state index is 12.2. The lowest BCUT2D eigenvalue weighted by atomic mass is 10.2. The van der Waals surface area contributed by atoms with Crippen molar-refractivity contribution in [1.82, 2.24) is 4.72 Å². The minimum absolute atomic E-state index is 0.133. The number of nitrogens with two attached hydrogens (primary N) is 1. The molecular weight excluding hydrogens is 351 g/mol. The minimum Gasteiger partial charge on any atom is -0.326 e. The molecule has 8 heteroatoms. The number of sulfonamides is 1. The van der Waals surface area contributed by atoms with Crippen LogP contribution in [0, 0.1) is 0 Å². The Morgan fingerprint density at radius 3 is 2.52 bits per heavy atom. The van der Waals surface area contributed by atoms with Gasteiger partial charge in [-0.3, -0.25) is 0 Å². The average Bonchev–Trinajstić information content (AvgIpc) is 2.84. The van der Waals surface area contributed by atoms with Crippen LogP contribution in [0.5, 0.6) is 0 Å². The zero-order valence-electron chi connectivity index (χ0n) is 11.0. The van der Waals surface area contributed by atoms with Crippen LogP contribution in [0.2, 0.25) is 9.36 Å². The Hall–Kier alpha value is -0.630. The Morgan fingerprint density at radius 2 is 1.95 bits per heavy atom. The van der Waals surface area contributed by atoms with E-state index >= 15 is 0 Å². The van der Waals surface area contributed by atoms with Gasteiger partial charge >= 0.3 is 0 Å². The highest BCUT2D eigenvalue weighted by atomic mass is 35.5. The molecule has 0 bridgehead atoms. The molecule has 1 aromatic heterocycles. The highest BCUT2D eigenvalue weighted by molar-refractivity contribution is 7.89. The summed E-state index contributed by atoms with van der Waals surface area (Å²) in [4.78, 5) is 1.16. The van der Waals surface area contributed by atoms with E-state index in [9.17, 15) is 8.42 Å². The number of hydrogen-bond donors (Lipinski definition) is 2. The third-order valence-electron chi connectivity index (χ3n) is 2.85. The number of rotatable bonds is 6. The molecule has 0 atom stereocenters. The third-order valence-corrected chi connectivity index (χ3v) is 5.95. The molecule has 2 rings (SSSR count). The van der Waals surface area contributed by atoms with Crippen LogP contribution in [0.15, 0.2) is 35.2 Å². The molecule has 0 fully saturated rings. The summed E-state index contributed by atoms with van der Waals surface area (Å²) in [6.45, 7) is 0.571. The van der Waals surface area contributed by atoms with Crippen molar-refractivity contribution in [2.24, 2.45) is 5.73 Å². The van der Waals surface area contributed by atoms with Gasteiger partial charge in [0.15, 0.2) is 0 Å². The maximum Gasteiger partial charge on any atom is 0.240 e. The maximum atomic E-state index is 12.2. The fraction of sp³-hybridized carbons (Fsp3) is 0.231. The Labute approximate surface area is 137 Å². The van der Waals surface area contributed by atoms with Gasteiger partial charge in [0.05, 0.1) is 9.23 Å². The van der Waals surface area contributed by atoms with E-state index in [1.807, 2.05) is 6.07 Å². The van der Waals surface area contributed by atoms with Gasteiger partial charge in [-0.15, -0.1) is 11.3 Å². The summed E-state index contributed by atoms with van der Waals surface area (Å²) in [5.74, 6) is 0. The van der Waals surface area contributed by atoms with Gasteiger partial charge < -0.3 is 5.73 Å². The monoisotopic (exact) mass is 364 g/mol. The summed E-state index contributed by atoms with van der Waals surface area (Å²) < 4.78 is 27.5. The zero-order valence-corrected chi connectivity index (χ0v) is 14.1. The average molecular weight is 365 g/mol. The van der Waals surface area contributed by atoms with Gasteiger partial charge in [-0.1, -0.05) is 29.3 Å². The van der Waals surface area contributed by atoms with Gasteiger partial charge in [0.1, 0.15) is 0 Å². The van der Waals surface area contributed by atoms with Crippen LogP contribution in [0.25, 0.3) is 0 Å². The van der Waals surface area contributed by atoms with Crippen LogP contribution in [-0.2, 0) is 23.0 Å².